The molecule has 0 saturated heterocycles. The summed E-state index contributed by atoms with van der Waals surface area (Å²) < 4.78 is 0. The van der Waals surface area contributed by atoms with Crippen molar-refractivity contribution in [2.24, 2.45) is 0 Å². The van der Waals surface area contributed by atoms with Crippen molar-refractivity contribution >= 4 is 17.3 Å². The first-order valence-corrected chi connectivity index (χ1v) is 12.7. The molecule has 1 rings (SSSR count). The van der Waals surface area contributed by atoms with Crippen molar-refractivity contribution in [2.45, 2.75) is 110 Å². The van der Waals surface area contributed by atoms with E-state index in [9.17, 15) is 20.0 Å². The van der Waals surface area contributed by atoms with E-state index in [-0.39, 0.29) is 11.3 Å². The zero-order valence-corrected chi connectivity index (χ0v) is 20.3. The second-order valence-electron chi connectivity index (χ2n) is 8.99. The lowest BCUT2D eigenvalue weighted by Gasteiger charge is -2.21. The topological polar surface area (TPSA) is 83.7 Å². The molecule has 6 nitrogen and oxygen atoms in total. The standard InChI is InChI=1S/C26H44N2O4/c1-3-4-5-6-7-8-9-10-11-12-13-14-15-16-17-18-21-27(2)25-20-19-23(28(31)32)22-24(25)26(29)30/h19-20,22H,3-18,21H2,1-2H3,(H,29,30). The zero-order chi connectivity index (χ0) is 23.6. The minimum Gasteiger partial charge on any atom is -0.478 e. The van der Waals surface area contributed by atoms with Crippen LogP contribution >= 0.6 is 0 Å². The normalized spacial score (nSPS) is 10.9. The van der Waals surface area contributed by atoms with Crippen molar-refractivity contribution in [3.05, 3.63) is 33.9 Å². The van der Waals surface area contributed by atoms with Crippen molar-refractivity contribution in [2.75, 3.05) is 18.5 Å². The average Bonchev–Trinajstić information content (AvgIpc) is 2.78. The Morgan fingerprint density at radius 1 is 0.844 bits per heavy atom. The van der Waals surface area contributed by atoms with Gasteiger partial charge in [0.05, 0.1) is 16.2 Å². The summed E-state index contributed by atoms with van der Waals surface area (Å²) in [7, 11) is 1.85. The van der Waals surface area contributed by atoms with Crippen molar-refractivity contribution in [3.63, 3.8) is 0 Å². The van der Waals surface area contributed by atoms with Crippen LogP contribution in [0.25, 0.3) is 0 Å². The molecule has 0 heterocycles. The minimum absolute atomic E-state index is 0.0156. The van der Waals surface area contributed by atoms with Crippen LogP contribution in [0.2, 0.25) is 0 Å². The molecule has 6 heteroatoms. The van der Waals surface area contributed by atoms with Gasteiger partial charge in [-0.25, -0.2) is 4.79 Å². The number of carboxylic acid groups (broad SMARTS) is 1. The number of hydrogen-bond donors (Lipinski definition) is 1. The molecular weight excluding hydrogens is 404 g/mol. The summed E-state index contributed by atoms with van der Waals surface area (Å²) in [6.45, 7) is 3.01. The van der Waals surface area contributed by atoms with Crippen LogP contribution in [-0.2, 0) is 0 Å². The summed E-state index contributed by atoms with van der Waals surface area (Å²) in [6, 6.07) is 4.04. The monoisotopic (exact) mass is 448 g/mol. The van der Waals surface area contributed by atoms with E-state index in [4.69, 9.17) is 0 Å². The van der Waals surface area contributed by atoms with Gasteiger partial charge < -0.3 is 10.0 Å². The van der Waals surface area contributed by atoms with E-state index < -0.39 is 10.9 Å². The molecule has 0 bridgehead atoms. The molecule has 0 aliphatic carbocycles. The molecule has 1 aromatic carbocycles. The second kappa shape index (κ2) is 17.4. The number of anilines is 1. The Balaban J connectivity index is 2.06. The first-order chi connectivity index (χ1) is 15.5. The van der Waals surface area contributed by atoms with Crippen LogP contribution in [0.3, 0.4) is 0 Å². The summed E-state index contributed by atoms with van der Waals surface area (Å²) in [4.78, 5) is 23.7. The fourth-order valence-electron chi connectivity index (χ4n) is 4.16. The van der Waals surface area contributed by atoms with Crippen LogP contribution in [0.5, 0.6) is 0 Å². The third kappa shape index (κ3) is 12.1. The van der Waals surface area contributed by atoms with Crippen LogP contribution < -0.4 is 4.90 Å². The summed E-state index contributed by atoms with van der Waals surface area (Å²) in [5, 5.41) is 20.3. The Hall–Kier alpha value is -2.11. The molecule has 182 valence electrons. The smallest absolute Gasteiger partial charge is 0.338 e. The number of nitro benzene ring substituents is 1. The largest absolute Gasteiger partial charge is 0.478 e. The number of carboxylic acids is 1. The third-order valence-electron chi connectivity index (χ3n) is 6.18. The Labute approximate surface area is 194 Å². The molecule has 32 heavy (non-hydrogen) atoms. The number of unbranched alkanes of at least 4 members (excludes halogenated alkanes) is 15. The maximum atomic E-state index is 11.5. The highest BCUT2D eigenvalue weighted by Crippen LogP contribution is 2.25. The van der Waals surface area contributed by atoms with Gasteiger partial charge in [-0.05, 0) is 12.5 Å². The Morgan fingerprint density at radius 2 is 1.28 bits per heavy atom. The van der Waals surface area contributed by atoms with Crippen molar-refractivity contribution in [1.82, 2.24) is 0 Å². The lowest BCUT2D eigenvalue weighted by Crippen LogP contribution is -2.21. The predicted octanol–water partition coefficient (Wildman–Crippen LogP) is 7.99. The van der Waals surface area contributed by atoms with E-state index in [0.29, 0.717) is 5.69 Å². The maximum Gasteiger partial charge on any atom is 0.338 e. The Bertz CT molecular complexity index is 663. The molecule has 0 atom stereocenters. The molecule has 0 spiro atoms. The molecule has 0 aliphatic rings. The number of non-ortho nitro benzene ring substituents is 1. The zero-order valence-electron chi connectivity index (χ0n) is 20.3. The third-order valence-corrected chi connectivity index (χ3v) is 6.18. The average molecular weight is 449 g/mol. The van der Waals surface area contributed by atoms with Crippen LogP contribution in [0.1, 0.15) is 120 Å². The predicted molar refractivity (Wildman–Crippen MR) is 133 cm³/mol. The Morgan fingerprint density at radius 3 is 1.69 bits per heavy atom. The van der Waals surface area contributed by atoms with Gasteiger partial charge >= 0.3 is 5.97 Å². The molecule has 1 aromatic rings. The fourth-order valence-corrected chi connectivity index (χ4v) is 4.16. The Kier molecular flexibility index (Phi) is 15.2. The highest BCUT2D eigenvalue weighted by atomic mass is 16.6. The van der Waals surface area contributed by atoms with Gasteiger partial charge in [0.25, 0.3) is 5.69 Å². The van der Waals surface area contributed by atoms with E-state index in [2.05, 4.69) is 6.92 Å². The van der Waals surface area contributed by atoms with Gasteiger partial charge in [0.1, 0.15) is 0 Å². The van der Waals surface area contributed by atoms with E-state index in [1.807, 2.05) is 11.9 Å². The van der Waals surface area contributed by atoms with Gasteiger partial charge in [0.15, 0.2) is 0 Å². The van der Waals surface area contributed by atoms with Gasteiger partial charge in [-0.15, -0.1) is 0 Å². The molecule has 0 aromatic heterocycles. The lowest BCUT2D eigenvalue weighted by atomic mass is 10.0. The van der Waals surface area contributed by atoms with Gasteiger partial charge in [-0.1, -0.05) is 103 Å². The summed E-state index contributed by atoms with van der Waals surface area (Å²) in [5.41, 5.74) is 0.323. The van der Waals surface area contributed by atoms with Gasteiger partial charge in [-0.3, -0.25) is 10.1 Å². The highest BCUT2D eigenvalue weighted by molar-refractivity contribution is 5.95. The van der Waals surface area contributed by atoms with Gasteiger partial charge in [0, 0.05) is 25.7 Å². The number of nitro groups is 1. The summed E-state index contributed by atoms with van der Waals surface area (Å²) in [6.07, 6.45) is 21.1. The first-order valence-electron chi connectivity index (χ1n) is 12.7. The molecule has 0 saturated carbocycles. The first kappa shape index (κ1) is 27.9. The quantitative estimate of drug-likeness (QED) is 0.124. The van der Waals surface area contributed by atoms with E-state index in [1.54, 1.807) is 0 Å². The number of nitrogens with zero attached hydrogens (tertiary/aromatic N) is 2. The number of aromatic carboxylic acids is 1. The van der Waals surface area contributed by atoms with Crippen molar-refractivity contribution < 1.29 is 14.8 Å². The molecule has 0 fully saturated rings. The molecule has 0 unspecified atom stereocenters. The molecule has 0 radical (unpaired) electrons. The SMILES string of the molecule is CCCCCCCCCCCCCCCCCCN(C)c1ccc([N+](=O)[O-])cc1C(=O)O. The van der Waals surface area contributed by atoms with Crippen LogP contribution in [0.15, 0.2) is 18.2 Å². The molecular formula is C26H44N2O4. The number of benzene rings is 1. The van der Waals surface area contributed by atoms with E-state index in [1.165, 1.54) is 102 Å². The van der Waals surface area contributed by atoms with Crippen molar-refractivity contribution in [3.8, 4) is 0 Å². The molecule has 1 N–H and O–H groups in total. The van der Waals surface area contributed by atoms with Crippen molar-refractivity contribution in [1.29, 1.82) is 0 Å². The summed E-state index contributed by atoms with van der Waals surface area (Å²) in [5.74, 6) is -1.14. The van der Waals surface area contributed by atoms with Gasteiger partial charge in [0.2, 0.25) is 0 Å². The van der Waals surface area contributed by atoms with Crippen LogP contribution in [0.4, 0.5) is 11.4 Å². The number of rotatable bonds is 20. The fraction of sp³-hybridized carbons (Fsp3) is 0.731. The van der Waals surface area contributed by atoms with Gasteiger partial charge in [-0.2, -0.15) is 0 Å². The summed E-state index contributed by atoms with van der Waals surface area (Å²) >= 11 is 0. The molecule has 0 aliphatic heterocycles. The second-order valence-corrected chi connectivity index (χ2v) is 8.99. The van der Waals surface area contributed by atoms with E-state index in [0.717, 1.165) is 25.5 Å². The number of carbonyl (C=O) groups is 1. The van der Waals surface area contributed by atoms with Crippen LogP contribution in [-0.4, -0.2) is 29.6 Å². The maximum absolute atomic E-state index is 11.5. The highest BCUT2D eigenvalue weighted by Gasteiger charge is 2.18. The minimum atomic E-state index is -1.14. The van der Waals surface area contributed by atoms with Crippen LogP contribution in [0, 0.1) is 10.1 Å². The molecule has 0 amide bonds. The van der Waals surface area contributed by atoms with E-state index >= 15 is 0 Å². The lowest BCUT2D eigenvalue weighted by molar-refractivity contribution is -0.384. The number of hydrogen-bond acceptors (Lipinski definition) is 4.